The molecular formula is C11H11N3O. The van der Waals surface area contributed by atoms with Gasteiger partial charge in [0.2, 0.25) is 0 Å². The molecule has 2 aromatic rings. The fourth-order valence-electron chi connectivity index (χ4n) is 1.35. The second kappa shape index (κ2) is 3.96. The summed E-state index contributed by atoms with van der Waals surface area (Å²) in [5.41, 5.74) is 7.52. The first-order chi connectivity index (χ1) is 7.31. The number of rotatable bonds is 2. The summed E-state index contributed by atoms with van der Waals surface area (Å²) in [6, 6.07) is 7.62. The summed E-state index contributed by atoms with van der Waals surface area (Å²) >= 11 is 0. The average Bonchev–Trinajstić information content (AvgIpc) is 2.30. The molecule has 0 atom stereocenters. The number of nitrogens with two attached hydrogens (primary N) is 1. The van der Waals surface area contributed by atoms with Gasteiger partial charge in [0, 0.05) is 11.8 Å². The highest BCUT2D eigenvalue weighted by molar-refractivity contribution is 5.73. The highest BCUT2D eigenvalue weighted by Crippen LogP contribution is 2.25. The fraction of sp³-hybridized carbons (Fsp3) is 0.0909. The van der Waals surface area contributed by atoms with Crippen LogP contribution in [0.15, 0.2) is 36.8 Å². The molecule has 0 bridgehead atoms. The van der Waals surface area contributed by atoms with Gasteiger partial charge >= 0.3 is 0 Å². The maximum Gasteiger partial charge on any atom is 0.134 e. The van der Waals surface area contributed by atoms with E-state index in [4.69, 9.17) is 10.5 Å². The summed E-state index contributed by atoms with van der Waals surface area (Å²) in [6.45, 7) is 0. The van der Waals surface area contributed by atoms with Crippen LogP contribution in [0.1, 0.15) is 0 Å². The van der Waals surface area contributed by atoms with Gasteiger partial charge in [0.1, 0.15) is 17.9 Å². The van der Waals surface area contributed by atoms with Crippen molar-refractivity contribution in [2.45, 2.75) is 0 Å². The molecule has 0 fully saturated rings. The maximum atomic E-state index is 5.75. The van der Waals surface area contributed by atoms with Crippen molar-refractivity contribution in [2.24, 2.45) is 0 Å². The largest absolute Gasteiger partial charge is 0.497 e. The minimum Gasteiger partial charge on any atom is -0.497 e. The zero-order valence-electron chi connectivity index (χ0n) is 8.34. The molecule has 0 aliphatic carbocycles. The van der Waals surface area contributed by atoms with Gasteiger partial charge in [0.25, 0.3) is 0 Å². The Bertz CT molecular complexity index is 471. The van der Waals surface area contributed by atoms with Crippen LogP contribution in [-0.4, -0.2) is 17.1 Å². The van der Waals surface area contributed by atoms with Gasteiger partial charge < -0.3 is 10.5 Å². The van der Waals surface area contributed by atoms with Crippen molar-refractivity contribution < 1.29 is 4.74 Å². The summed E-state index contributed by atoms with van der Waals surface area (Å²) < 4.78 is 5.13. The molecule has 4 heteroatoms. The fourth-order valence-corrected chi connectivity index (χ4v) is 1.35. The van der Waals surface area contributed by atoms with E-state index in [0.717, 1.165) is 16.9 Å². The van der Waals surface area contributed by atoms with E-state index >= 15 is 0 Å². The van der Waals surface area contributed by atoms with Gasteiger partial charge in [-0.25, -0.2) is 9.97 Å². The Kier molecular flexibility index (Phi) is 2.49. The molecule has 1 aromatic heterocycles. The summed E-state index contributed by atoms with van der Waals surface area (Å²) in [7, 11) is 1.63. The van der Waals surface area contributed by atoms with Crippen LogP contribution in [0.25, 0.3) is 11.1 Å². The molecule has 0 saturated carbocycles. The van der Waals surface area contributed by atoms with Gasteiger partial charge in [-0.15, -0.1) is 0 Å². The normalized spacial score (nSPS) is 9.93. The molecule has 0 aliphatic rings. The second-order valence-electron chi connectivity index (χ2n) is 3.05. The zero-order valence-corrected chi connectivity index (χ0v) is 8.34. The third kappa shape index (κ3) is 1.88. The highest BCUT2D eigenvalue weighted by Gasteiger charge is 2.03. The Morgan fingerprint density at radius 1 is 1.33 bits per heavy atom. The smallest absolute Gasteiger partial charge is 0.134 e. The molecule has 2 N–H and O–H groups in total. The molecule has 0 unspecified atom stereocenters. The van der Waals surface area contributed by atoms with Crippen LogP contribution >= 0.6 is 0 Å². The molecule has 1 heterocycles. The summed E-state index contributed by atoms with van der Waals surface area (Å²) in [5.74, 6) is 1.26. The third-order valence-corrected chi connectivity index (χ3v) is 2.12. The Hall–Kier alpha value is -2.10. The van der Waals surface area contributed by atoms with Crippen LogP contribution in [0.2, 0.25) is 0 Å². The molecule has 1 aromatic carbocycles. The lowest BCUT2D eigenvalue weighted by atomic mass is 10.1. The predicted octanol–water partition coefficient (Wildman–Crippen LogP) is 1.73. The number of nitrogen functional groups attached to an aromatic ring is 1. The minimum atomic E-state index is 0.471. The van der Waals surface area contributed by atoms with Gasteiger partial charge in [0.05, 0.1) is 7.11 Å². The van der Waals surface area contributed by atoms with E-state index in [1.54, 1.807) is 13.3 Å². The van der Waals surface area contributed by atoms with E-state index in [-0.39, 0.29) is 0 Å². The van der Waals surface area contributed by atoms with E-state index in [2.05, 4.69) is 9.97 Å². The van der Waals surface area contributed by atoms with Gasteiger partial charge in [-0.3, -0.25) is 0 Å². The molecule has 76 valence electrons. The molecule has 0 saturated heterocycles. The van der Waals surface area contributed by atoms with Crippen LogP contribution in [0.4, 0.5) is 5.82 Å². The number of hydrogen-bond donors (Lipinski definition) is 1. The monoisotopic (exact) mass is 201 g/mol. The van der Waals surface area contributed by atoms with E-state index in [0.29, 0.717) is 5.82 Å². The van der Waals surface area contributed by atoms with E-state index in [9.17, 15) is 0 Å². The molecule has 0 spiro atoms. The first-order valence-electron chi connectivity index (χ1n) is 4.51. The summed E-state index contributed by atoms with van der Waals surface area (Å²) in [5, 5.41) is 0. The first-order valence-corrected chi connectivity index (χ1v) is 4.51. The molecular weight excluding hydrogens is 190 g/mol. The third-order valence-electron chi connectivity index (χ3n) is 2.12. The van der Waals surface area contributed by atoms with E-state index < -0.39 is 0 Å². The van der Waals surface area contributed by atoms with Crippen molar-refractivity contribution in [3.8, 4) is 16.9 Å². The average molecular weight is 201 g/mol. The zero-order chi connectivity index (χ0) is 10.7. The van der Waals surface area contributed by atoms with Crippen LogP contribution in [0.3, 0.4) is 0 Å². The number of aromatic nitrogens is 2. The van der Waals surface area contributed by atoms with Crippen molar-refractivity contribution in [1.82, 2.24) is 9.97 Å². The molecule has 0 radical (unpaired) electrons. The van der Waals surface area contributed by atoms with Crippen molar-refractivity contribution in [3.05, 3.63) is 36.8 Å². The Morgan fingerprint density at radius 3 is 2.93 bits per heavy atom. The molecule has 0 amide bonds. The topological polar surface area (TPSA) is 61.0 Å². The summed E-state index contributed by atoms with van der Waals surface area (Å²) in [4.78, 5) is 7.88. The van der Waals surface area contributed by atoms with Crippen molar-refractivity contribution >= 4 is 5.82 Å². The Morgan fingerprint density at radius 2 is 2.20 bits per heavy atom. The predicted molar refractivity (Wildman–Crippen MR) is 58.4 cm³/mol. The lowest BCUT2D eigenvalue weighted by Crippen LogP contribution is -1.94. The Balaban J connectivity index is 2.49. The van der Waals surface area contributed by atoms with Crippen molar-refractivity contribution in [2.75, 3.05) is 12.8 Å². The van der Waals surface area contributed by atoms with Crippen LogP contribution in [0, 0.1) is 0 Å². The molecule has 4 nitrogen and oxygen atoms in total. The second-order valence-corrected chi connectivity index (χ2v) is 3.05. The molecule has 15 heavy (non-hydrogen) atoms. The highest BCUT2D eigenvalue weighted by atomic mass is 16.5. The standard InChI is InChI=1S/C11H11N3O/c1-15-9-4-2-3-8(5-9)10-6-13-7-14-11(10)12/h2-7H,1H3,(H2,12,13,14). The van der Waals surface area contributed by atoms with Gasteiger partial charge in [-0.2, -0.15) is 0 Å². The SMILES string of the molecule is COc1cccc(-c2cncnc2N)c1. The lowest BCUT2D eigenvalue weighted by molar-refractivity contribution is 0.415. The van der Waals surface area contributed by atoms with Crippen LogP contribution in [0.5, 0.6) is 5.75 Å². The molecule has 0 aliphatic heterocycles. The van der Waals surface area contributed by atoms with Crippen molar-refractivity contribution in [1.29, 1.82) is 0 Å². The Labute approximate surface area is 87.7 Å². The maximum absolute atomic E-state index is 5.75. The van der Waals surface area contributed by atoms with Crippen molar-refractivity contribution in [3.63, 3.8) is 0 Å². The van der Waals surface area contributed by atoms with E-state index in [1.165, 1.54) is 6.33 Å². The first kappa shape index (κ1) is 9.45. The minimum absolute atomic E-state index is 0.471. The number of anilines is 1. The summed E-state index contributed by atoms with van der Waals surface area (Å²) in [6.07, 6.45) is 3.12. The number of nitrogens with zero attached hydrogens (tertiary/aromatic N) is 2. The van der Waals surface area contributed by atoms with Crippen LogP contribution in [-0.2, 0) is 0 Å². The van der Waals surface area contributed by atoms with Crippen LogP contribution < -0.4 is 10.5 Å². The van der Waals surface area contributed by atoms with Gasteiger partial charge in [-0.1, -0.05) is 12.1 Å². The number of hydrogen-bond acceptors (Lipinski definition) is 4. The number of methoxy groups -OCH3 is 1. The van der Waals surface area contributed by atoms with E-state index in [1.807, 2.05) is 24.3 Å². The number of ether oxygens (including phenoxy) is 1. The number of benzene rings is 1. The van der Waals surface area contributed by atoms with Gasteiger partial charge in [0.15, 0.2) is 0 Å². The molecule has 2 rings (SSSR count). The lowest BCUT2D eigenvalue weighted by Gasteiger charge is -2.05. The van der Waals surface area contributed by atoms with Gasteiger partial charge in [-0.05, 0) is 17.7 Å². The quantitative estimate of drug-likeness (QED) is 0.803.